The number of aromatic nitrogens is 2. The Balaban J connectivity index is 2.08. The molecule has 88 valence electrons. The molecule has 16 heavy (non-hydrogen) atoms. The minimum absolute atomic E-state index is 0.0332. The number of hydrogen-bond acceptors (Lipinski definition) is 5. The van der Waals surface area contributed by atoms with Crippen LogP contribution in [-0.2, 0) is 11.2 Å². The Morgan fingerprint density at radius 2 is 2.38 bits per heavy atom. The van der Waals surface area contributed by atoms with Gasteiger partial charge in [-0.15, -0.1) is 0 Å². The lowest BCUT2D eigenvalue weighted by molar-refractivity contribution is -0.135. The van der Waals surface area contributed by atoms with Crippen molar-refractivity contribution in [3.8, 4) is 0 Å². The summed E-state index contributed by atoms with van der Waals surface area (Å²) in [5, 5.41) is 9.60. The third kappa shape index (κ3) is 2.69. The molecule has 0 bridgehead atoms. The van der Waals surface area contributed by atoms with Crippen LogP contribution in [-0.4, -0.2) is 33.0 Å². The number of aryl methyl sites for hydroxylation is 1. The van der Waals surface area contributed by atoms with Crippen LogP contribution in [0.2, 0.25) is 0 Å². The van der Waals surface area contributed by atoms with E-state index in [-0.39, 0.29) is 6.54 Å². The fourth-order valence-electron chi connectivity index (χ4n) is 1.57. The summed E-state index contributed by atoms with van der Waals surface area (Å²) in [6.45, 7) is 2.11. The van der Waals surface area contributed by atoms with Crippen LogP contribution in [0.4, 0.5) is 5.13 Å². The molecular formula is C10H15N3O2S. The fourth-order valence-corrected chi connectivity index (χ4v) is 2.36. The number of anilines is 1. The van der Waals surface area contributed by atoms with Gasteiger partial charge < -0.3 is 10.0 Å². The molecule has 6 heteroatoms. The molecule has 1 heterocycles. The number of rotatable bonds is 6. The van der Waals surface area contributed by atoms with E-state index >= 15 is 0 Å². The van der Waals surface area contributed by atoms with Crippen molar-refractivity contribution in [1.29, 1.82) is 0 Å². The monoisotopic (exact) mass is 241 g/mol. The van der Waals surface area contributed by atoms with Gasteiger partial charge in [-0.05, 0) is 19.3 Å². The Labute approximate surface area is 98.3 Å². The molecule has 0 atom stereocenters. The molecule has 0 unspecified atom stereocenters. The lowest BCUT2D eigenvalue weighted by atomic mass is 10.3. The van der Waals surface area contributed by atoms with Crippen molar-refractivity contribution in [2.75, 3.05) is 11.4 Å². The molecule has 0 aromatic carbocycles. The van der Waals surface area contributed by atoms with Crippen LogP contribution < -0.4 is 4.90 Å². The number of carboxylic acids is 1. The highest BCUT2D eigenvalue weighted by molar-refractivity contribution is 7.09. The number of aliphatic carboxylic acids is 1. The van der Waals surface area contributed by atoms with Crippen LogP contribution in [0.15, 0.2) is 0 Å². The van der Waals surface area contributed by atoms with Crippen molar-refractivity contribution >= 4 is 22.6 Å². The van der Waals surface area contributed by atoms with E-state index in [4.69, 9.17) is 5.11 Å². The van der Waals surface area contributed by atoms with Crippen molar-refractivity contribution in [1.82, 2.24) is 9.36 Å². The summed E-state index contributed by atoms with van der Waals surface area (Å²) in [5.74, 6) is 0.0256. The summed E-state index contributed by atoms with van der Waals surface area (Å²) in [6, 6.07) is 0.360. The van der Waals surface area contributed by atoms with E-state index in [1.54, 1.807) is 0 Å². The molecule has 1 aliphatic carbocycles. The first-order valence-corrected chi connectivity index (χ1v) is 6.29. The highest BCUT2D eigenvalue weighted by atomic mass is 32.1. The van der Waals surface area contributed by atoms with Gasteiger partial charge in [0.25, 0.3) is 0 Å². The van der Waals surface area contributed by atoms with Crippen LogP contribution in [0, 0.1) is 0 Å². The third-order valence-corrected chi connectivity index (χ3v) is 3.26. The Morgan fingerprint density at radius 1 is 1.62 bits per heavy atom. The van der Waals surface area contributed by atoms with E-state index in [0.29, 0.717) is 6.04 Å². The maximum atomic E-state index is 10.8. The molecule has 0 radical (unpaired) electrons. The SMILES string of the molecule is CCCc1nsc(N(CC(=O)O)C2CC2)n1. The second kappa shape index (κ2) is 4.78. The van der Waals surface area contributed by atoms with Gasteiger partial charge in [-0.3, -0.25) is 4.79 Å². The summed E-state index contributed by atoms with van der Waals surface area (Å²) in [5.41, 5.74) is 0. The summed E-state index contributed by atoms with van der Waals surface area (Å²) >= 11 is 1.31. The molecule has 0 spiro atoms. The number of carbonyl (C=O) groups is 1. The maximum absolute atomic E-state index is 10.8. The average molecular weight is 241 g/mol. The molecule has 1 aliphatic rings. The van der Waals surface area contributed by atoms with Crippen molar-refractivity contribution in [3.05, 3.63) is 5.82 Å². The topological polar surface area (TPSA) is 66.3 Å². The van der Waals surface area contributed by atoms with Gasteiger partial charge in [-0.2, -0.15) is 4.37 Å². The standard InChI is InChI=1S/C10H15N3O2S/c1-2-3-8-11-10(16-12-8)13(6-9(14)15)7-4-5-7/h7H,2-6H2,1H3,(H,14,15). The Kier molecular flexibility index (Phi) is 3.38. The molecule has 1 fully saturated rings. The average Bonchev–Trinajstić information content (AvgIpc) is 2.96. The number of nitrogens with zero attached hydrogens (tertiary/aromatic N) is 3. The van der Waals surface area contributed by atoms with Gasteiger partial charge in [0, 0.05) is 24.0 Å². The molecule has 1 saturated carbocycles. The van der Waals surface area contributed by atoms with E-state index in [0.717, 1.165) is 36.6 Å². The Bertz CT molecular complexity index is 376. The summed E-state index contributed by atoms with van der Waals surface area (Å²) in [7, 11) is 0. The van der Waals surface area contributed by atoms with E-state index < -0.39 is 5.97 Å². The smallest absolute Gasteiger partial charge is 0.323 e. The van der Waals surface area contributed by atoms with Crippen LogP contribution in [0.5, 0.6) is 0 Å². The van der Waals surface area contributed by atoms with E-state index in [2.05, 4.69) is 16.3 Å². The maximum Gasteiger partial charge on any atom is 0.323 e. The van der Waals surface area contributed by atoms with Gasteiger partial charge in [0.1, 0.15) is 12.4 Å². The summed E-state index contributed by atoms with van der Waals surface area (Å²) < 4.78 is 4.24. The molecule has 0 aliphatic heterocycles. The molecule has 0 saturated heterocycles. The zero-order valence-electron chi connectivity index (χ0n) is 9.22. The zero-order chi connectivity index (χ0) is 11.5. The first-order valence-electron chi connectivity index (χ1n) is 5.51. The quantitative estimate of drug-likeness (QED) is 0.818. The molecular weight excluding hydrogens is 226 g/mol. The van der Waals surface area contributed by atoms with Gasteiger partial charge in [0.15, 0.2) is 0 Å². The van der Waals surface area contributed by atoms with Crippen molar-refractivity contribution < 1.29 is 9.90 Å². The van der Waals surface area contributed by atoms with Crippen LogP contribution in [0.3, 0.4) is 0 Å². The van der Waals surface area contributed by atoms with Crippen LogP contribution >= 0.6 is 11.5 Å². The van der Waals surface area contributed by atoms with Gasteiger partial charge in [-0.25, -0.2) is 4.98 Å². The second-order valence-electron chi connectivity index (χ2n) is 4.00. The van der Waals surface area contributed by atoms with Gasteiger partial charge >= 0.3 is 5.97 Å². The highest BCUT2D eigenvalue weighted by Gasteiger charge is 2.32. The molecule has 1 N–H and O–H groups in total. The largest absolute Gasteiger partial charge is 0.480 e. The van der Waals surface area contributed by atoms with Crippen molar-refractivity contribution in [2.45, 2.75) is 38.6 Å². The van der Waals surface area contributed by atoms with Gasteiger partial charge in [-0.1, -0.05) is 6.92 Å². The minimum Gasteiger partial charge on any atom is -0.480 e. The van der Waals surface area contributed by atoms with E-state index in [9.17, 15) is 4.79 Å². The van der Waals surface area contributed by atoms with E-state index in [1.807, 2.05) is 4.90 Å². The first-order chi connectivity index (χ1) is 7.70. The minimum atomic E-state index is -0.806. The van der Waals surface area contributed by atoms with Gasteiger partial charge in [0.05, 0.1) is 0 Å². The summed E-state index contributed by atoms with van der Waals surface area (Å²) in [6.07, 6.45) is 4.01. The summed E-state index contributed by atoms with van der Waals surface area (Å²) in [4.78, 5) is 17.0. The lowest BCUT2D eigenvalue weighted by Gasteiger charge is -2.17. The Hall–Kier alpha value is -1.17. The third-order valence-electron chi connectivity index (χ3n) is 2.47. The zero-order valence-corrected chi connectivity index (χ0v) is 10.0. The predicted octanol–water partition coefficient (Wildman–Crippen LogP) is 1.54. The predicted molar refractivity (Wildman–Crippen MR) is 61.9 cm³/mol. The molecule has 1 aromatic rings. The van der Waals surface area contributed by atoms with E-state index in [1.165, 1.54) is 11.5 Å². The molecule has 1 aromatic heterocycles. The molecule has 5 nitrogen and oxygen atoms in total. The van der Waals surface area contributed by atoms with Crippen molar-refractivity contribution in [2.24, 2.45) is 0 Å². The number of hydrogen-bond donors (Lipinski definition) is 1. The van der Waals surface area contributed by atoms with Crippen LogP contribution in [0.1, 0.15) is 32.0 Å². The second-order valence-corrected chi connectivity index (χ2v) is 4.73. The fraction of sp³-hybridized carbons (Fsp3) is 0.700. The number of carboxylic acid groups (broad SMARTS) is 1. The highest BCUT2D eigenvalue weighted by Crippen LogP contribution is 2.32. The molecule has 2 rings (SSSR count). The van der Waals surface area contributed by atoms with Gasteiger partial charge in [0.2, 0.25) is 5.13 Å². The van der Waals surface area contributed by atoms with Crippen molar-refractivity contribution in [3.63, 3.8) is 0 Å². The molecule has 0 amide bonds. The first kappa shape index (κ1) is 11.3. The Morgan fingerprint density at radius 3 is 2.94 bits per heavy atom. The van der Waals surface area contributed by atoms with Crippen LogP contribution in [0.25, 0.3) is 0 Å². The lowest BCUT2D eigenvalue weighted by Crippen LogP contribution is -2.31. The normalized spacial score (nSPS) is 15.1.